The van der Waals surface area contributed by atoms with E-state index in [9.17, 15) is 14.9 Å². The molecule has 0 saturated carbocycles. The number of carbonyl (C=O) groups is 2. The number of fused-ring (bicyclic) bond motifs is 1. The van der Waals surface area contributed by atoms with Crippen LogP contribution in [0.3, 0.4) is 0 Å². The number of aromatic nitrogens is 2. The summed E-state index contributed by atoms with van der Waals surface area (Å²) in [6, 6.07) is 13.4. The van der Waals surface area contributed by atoms with Gasteiger partial charge in [0.25, 0.3) is 5.91 Å². The molecule has 5 rings (SSSR count). The zero-order valence-corrected chi connectivity index (χ0v) is 20.1. The molecule has 36 heavy (non-hydrogen) atoms. The van der Waals surface area contributed by atoms with Crippen molar-refractivity contribution in [3.05, 3.63) is 60.6 Å². The highest BCUT2D eigenvalue weighted by Gasteiger charge is 2.30. The molecule has 2 saturated heterocycles. The molecule has 0 radical (unpaired) electrons. The van der Waals surface area contributed by atoms with E-state index in [4.69, 9.17) is 0 Å². The Morgan fingerprint density at radius 1 is 1.06 bits per heavy atom. The summed E-state index contributed by atoms with van der Waals surface area (Å²) >= 11 is 0. The molecule has 2 N–H and O–H groups in total. The van der Waals surface area contributed by atoms with Gasteiger partial charge in [-0.15, -0.1) is 0 Å². The third-order valence-electron chi connectivity index (χ3n) is 6.96. The van der Waals surface area contributed by atoms with Crippen molar-refractivity contribution in [1.82, 2.24) is 19.8 Å². The Hall–Kier alpha value is -4.03. The van der Waals surface area contributed by atoms with Gasteiger partial charge < -0.3 is 15.5 Å². The van der Waals surface area contributed by atoms with Crippen LogP contribution < -0.4 is 10.6 Å². The topological polar surface area (TPSA) is 114 Å². The van der Waals surface area contributed by atoms with Crippen LogP contribution in [0.4, 0.5) is 11.4 Å². The maximum absolute atomic E-state index is 12.9. The van der Waals surface area contributed by atoms with Gasteiger partial charge in [-0.3, -0.25) is 24.5 Å². The standard InChI is InChI=1S/C27H29N7O2/c28-16-21-5-3-13-34(21)25(35)18-33-14-9-19(10-15-33)31-24-8-7-23(26-22(24)6-2-12-30-26)27(36)32-20-4-1-11-29-17-20/h1-2,4,6-8,11-12,17,19,21,31H,3,5,9-10,13-15,18H2,(H,32,36). The number of hydrogen-bond donors (Lipinski definition) is 2. The Kier molecular flexibility index (Phi) is 7.05. The lowest BCUT2D eigenvalue weighted by atomic mass is 10.0. The minimum absolute atomic E-state index is 0.0580. The molecule has 0 aliphatic carbocycles. The number of pyridine rings is 2. The van der Waals surface area contributed by atoms with E-state index in [0.29, 0.717) is 29.9 Å². The second kappa shape index (κ2) is 10.7. The zero-order chi connectivity index (χ0) is 24.9. The number of nitrogens with zero attached hydrogens (tertiary/aromatic N) is 5. The van der Waals surface area contributed by atoms with Gasteiger partial charge in [0.15, 0.2) is 0 Å². The number of nitriles is 1. The Bertz CT molecular complexity index is 1280. The number of likely N-dealkylation sites (tertiary alicyclic amines) is 2. The first kappa shape index (κ1) is 23.7. The lowest BCUT2D eigenvalue weighted by molar-refractivity contribution is -0.132. The summed E-state index contributed by atoms with van der Waals surface area (Å²) in [6.07, 6.45) is 8.45. The molecule has 2 aliphatic rings. The molecule has 1 unspecified atom stereocenters. The zero-order valence-electron chi connectivity index (χ0n) is 20.1. The van der Waals surface area contributed by atoms with Gasteiger partial charge in [0.05, 0.1) is 35.6 Å². The number of rotatable bonds is 6. The molecule has 9 heteroatoms. The molecule has 2 amide bonds. The van der Waals surface area contributed by atoms with Crippen LogP contribution in [0, 0.1) is 11.3 Å². The average molecular weight is 484 g/mol. The van der Waals surface area contributed by atoms with E-state index in [-0.39, 0.29) is 23.9 Å². The summed E-state index contributed by atoms with van der Waals surface area (Å²) in [5.74, 6) is -0.171. The second-order valence-corrected chi connectivity index (χ2v) is 9.33. The average Bonchev–Trinajstić information content (AvgIpc) is 3.40. The molecule has 2 fully saturated rings. The molecule has 0 bridgehead atoms. The predicted molar refractivity (Wildman–Crippen MR) is 137 cm³/mol. The van der Waals surface area contributed by atoms with E-state index in [2.05, 4.69) is 31.6 Å². The molecule has 2 aromatic heterocycles. The molecular weight excluding hydrogens is 454 g/mol. The molecular formula is C27H29N7O2. The molecule has 3 aromatic rings. The number of piperidine rings is 1. The largest absolute Gasteiger partial charge is 0.382 e. The summed E-state index contributed by atoms with van der Waals surface area (Å²) in [4.78, 5) is 38.1. The fourth-order valence-electron chi connectivity index (χ4n) is 5.05. The van der Waals surface area contributed by atoms with Crippen molar-refractivity contribution >= 4 is 34.1 Å². The summed E-state index contributed by atoms with van der Waals surface area (Å²) < 4.78 is 0. The highest BCUT2D eigenvalue weighted by molar-refractivity contribution is 6.13. The Morgan fingerprint density at radius 3 is 2.67 bits per heavy atom. The monoisotopic (exact) mass is 483 g/mol. The summed E-state index contributed by atoms with van der Waals surface area (Å²) in [7, 11) is 0. The molecule has 0 spiro atoms. The van der Waals surface area contributed by atoms with Gasteiger partial charge in [0, 0.05) is 49.1 Å². The van der Waals surface area contributed by atoms with E-state index < -0.39 is 0 Å². The van der Waals surface area contributed by atoms with Crippen LogP contribution in [-0.4, -0.2) is 69.8 Å². The Balaban J connectivity index is 1.22. The lowest BCUT2D eigenvalue weighted by Crippen LogP contribution is -2.46. The Morgan fingerprint density at radius 2 is 1.89 bits per heavy atom. The quantitative estimate of drug-likeness (QED) is 0.553. The first-order valence-electron chi connectivity index (χ1n) is 12.4. The van der Waals surface area contributed by atoms with Crippen LogP contribution in [0.15, 0.2) is 55.0 Å². The van der Waals surface area contributed by atoms with E-state index in [0.717, 1.165) is 49.8 Å². The van der Waals surface area contributed by atoms with Gasteiger partial charge in [0.2, 0.25) is 5.91 Å². The lowest BCUT2D eigenvalue weighted by Gasteiger charge is -2.33. The van der Waals surface area contributed by atoms with E-state index >= 15 is 0 Å². The van der Waals surface area contributed by atoms with Crippen LogP contribution >= 0.6 is 0 Å². The van der Waals surface area contributed by atoms with Gasteiger partial charge in [-0.25, -0.2) is 0 Å². The van der Waals surface area contributed by atoms with Gasteiger partial charge in [0.1, 0.15) is 6.04 Å². The number of hydrogen-bond acceptors (Lipinski definition) is 7. The minimum atomic E-state index is -0.270. The maximum Gasteiger partial charge on any atom is 0.257 e. The molecule has 184 valence electrons. The molecule has 1 atom stereocenters. The third kappa shape index (κ3) is 5.14. The van der Waals surface area contributed by atoms with Gasteiger partial charge in [-0.05, 0) is 62.1 Å². The van der Waals surface area contributed by atoms with Crippen LogP contribution in [0.5, 0.6) is 0 Å². The van der Waals surface area contributed by atoms with Crippen molar-refractivity contribution in [3.63, 3.8) is 0 Å². The van der Waals surface area contributed by atoms with Crippen molar-refractivity contribution < 1.29 is 9.59 Å². The number of anilines is 2. The van der Waals surface area contributed by atoms with Gasteiger partial charge >= 0.3 is 0 Å². The van der Waals surface area contributed by atoms with Crippen LogP contribution in [0.25, 0.3) is 10.9 Å². The van der Waals surface area contributed by atoms with Crippen LogP contribution in [-0.2, 0) is 4.79 Å². The van der Waals surface area contributed by atoms with Crippen molar-refractivity contribution in [1.29, 1.82) is 5.26 Å². The Labute approximate surface area is 210 Å². The smallest absolute Gasteiger partial charge is 0.257 e. The fourth-order valence-corrected chi connectivity index (χ4v) is 5.05. The molecule has 2 aliphatic heterocycles. The fraction of sp³-hybridized carbons (Fsp3) is 0.370. The van der Waals surface area contributed by atoms with Crippen molar-refractivity contribution in [2.45, 2.75) is 37.8 Å². The first-order valence-corrected chi connectivity index (χ1v) is 12.4. The number of carbonyl (C=O) groups excluding carboxylic acids is 2. The highest BCUT2D eigenvalue weighted by Crippen LogP contribution is 2.28. The molecule has 1 aromatic carbocycles. The van der Waals surface area contributed by atoms with E-state index in [1.54, 1.807) is 41.7 Å². The third-order valence-corrected chi connectivity index (χ3v) is 6.96. The highest BCUT2D eigenvalue weighted by atomic mass is 16.2. The number of amides is 2. The van der Waals surface area contributed by atoms with Crippen LogP contribution in [0.2, 0.25) is 0 Å². The maximum atomic E-state index is 12.9. The number of nitrogens with one attached hydrogen (secondary N) is 2. The number of benzene rings is 1. The van der Waals surface area contributed by atoms with Gasteiger partial charge in [-0.1, -0.05) is 0 Å². The molecule has 9 nitrogen and oxygen atoms in total. The van der Waals surface area contributed by atoms with Crippen molar-refractivity contribution in [3.8, 4) is 6.07 Å². The first-order chi connectivity index (χ1) is 17.6. The van der Waals surface area contributed by atoms with Crippen LogP contribution in [0.1, 0.15) is 36.0 Å². The second-order valence-electron chi connectivity index (χ2n) is 9.33. The normalized spacial score (nSPS) is 18.6. The summed E-state index contributed by atoms with van der Waals surface area (Å²) in [5, 5.41) is 16.7. The molecule has 4 heterocycles. The van der Waals surface area contributed by atoms with E-state index in [1.807, 2.05) is 18.2 Å². The van der Waals surface area contributed by atoms with Crippen molar-refractivity contribution in [2.75, 3.05) is 36.8 Å². The van der Waals surface area contributed by atoms with Crippen molar-refractivity contribution in [2.24, 2.45) is 0 Å². The van der Waals surface area contributed by atoms with E-state index in [1.165, 1.54) is 0 Å². The summed E-state index contributed by atoms with van der Waals surface area (Å²) in [5.41, 5.74) is 2.72. The predicted octanol–water partition coefficient (Wildman–Crippen LogP) is 3.27. The summed E-state index contributed by atoms with van der Waals surface area (Å²) in [6.45, 7) is 2.69. The minimum Gasteiger partial charge on any atom is -0.382 e. The van der Waals surface area contributed by atoms with Gasteiger partial charge in [-0.2, -0.15) is 5.26 Å². The SMILES string of the molecule is N#CC1CCCN1C(=O)CN1CCC(Nc2ccc(C(=O)Nc3cccnc3)c3ncccc23)CC1.